The maximum Gasteiger partial charge on any atom is 0.153 e. The summed E-state index contributed by atoms with van der Waals surface area (Å²) in [5, 5.41) is 11.5. The van der Waals surface area contributed by atoms with E-state index in [-0.39, 0.29) is 6.04 Å². The Bertz CT molecular complexity index is 448. The maximum atomic E-state index is 4.13. The molecule has 0 spiro atoms. The van der Waals surface area contributed by atoms with Crippen molar-refractivity contribution in [1.29, 1.82) is 0 Å². The molecule has 0 aliphatic heterocycles. The highest BCUT2D eigenvalue weighted by Gasteiger charge is 2.22. The average molecular weight is 316 g/mol. The van der Waals surface area contributed by atoms with Gasteiger partial charge in [-0.15, -0.1) is 16.4 Å². The first-order valence-electron chi connectivity index (χ1n) is 5.40. The summed E-state index contributed by atoms with van der Waals surface area (Å²) in [6.45, 7) is 3.09. The van der Waals surface area contributed by atoms with Crippen molar-refractivity contribution in [1.82, 2.24) is 25.3 Å². The number of nitrogens with zero attached hydrogens (tertiary/aromatic N) is 4. The van der Waals surface area contributed by atoms with Crippen molar-refractivity contribution in [3.63, 3.8) is 0 Å². The van der Waals surface area contributed by atoms with Crippen LogP contribution in [0.5, 0.6) is 0 Å². The SMILES string of the molecule is CCCNC(c1cncs1)c1c(Br)nnn1C. The second kappa shape index (κ2) is 5.70. The third-order valence-electron chi connectivity index (χ3n) is 2.43. The van der Waals surface area contributed by atoms with E-state index < -0.39 is 0 Å². The van der Waals surface area contributed by atoms with Crippen LogP contribution in [0.15, 0.2) is 16.3 Å². The van der Waals surface area contributed by atoms with E-state index in [1.165, 1.54) is 4.88 Å². The number of thiazole rings is 1. The highest BCUT2D eigenvalue weighted by Crippen LogP contribution is 2.28. The molecule has 92 valence electrons. The molecule has 0 fully saturated rings. The van der Waals surface area contributed by atoms with Crippen molar-refractivity contribution < 1.29 is 0 Å². The van der Waals surface area contributed by atoms with Gasteiger partial charge in [0.15, 0.2) is 4.60 Å². The van der Waals surface area contributed by atoms with Crippen molar-refractivity contribution in [3.8, 4) is 0 Å². The first-order chi connectivity index (χ1) is 8.24. The van der Waals surface area contributed by atoms with Crippen LogP contribution in [-0.4, -0.2) is 26.5 Å². The van der Waals surface area contributed by atoms with E-state index in [1.807, 2.05) is 18.8 Å². The van der Waals surface area contributed by atoms with Gasteiger partial charge in [-0.25, -0.2) is 4.68 Å². The zero-order valence-electron chi connectivity index (χ0n) is 9.72. The van der Waals surface area contributed by atoms with E-state index in [2.05, 4.69) is 43.5 Å². The van der Waals surface area contributed by atoms with Crippen LogP contribution in [0.25, 0.3) is 0 Å². The van der Waals surface area contributed by atoms with Gasteiger partial charge in [-0.1, -0.05) is 12.1 Å². The number of nitrogens with one attached hydrogen (secondary N) is 1. The van der Waals surface area contributed by atoms with Crippen molar-refractivity contribution >= 4 is 27.3 Å². The lowest BCUT2D eigenvalue weighted by atomic mass is 10.2. The van der Waals surface area contributed by atoms with Crippen LogP contribution in [-0.2, 0) is 7.05 Å². The second-order valence-electron chi connectivity index (χ2n) is 3.68. The standard InChI is InChI=1S/C10H14BrN5S/c1-3-4-13-8(7-5-12-6-17-7)9-10(11)14-15-16(9)2/h5-6,8,13H,3-4H2,1-2H3. The fraction of sp³-hybridized carbons (Fsp3) is 0.500. The number of hydrogen-bond acceptors (Lipinski definition) is 5. The molecule has 7 heteroatoms. The number of aromatic nitrogens is 4. The molecule has 1 atom stereocenters. The number of hydrogen-bond donors (Lipinski definition) is 1. The van der Waals surface area contributed by atoms with Crippen LogP contribution in [0, 0.1) is 0 Å². The topological polar surface area (TPSA) is 55.6 Å². The molecule has 0 aliphatic rings. The Labute approximate surface area is 112 Å². The lowest BCUT2D eigenvalue weighted by Crippen LogP contribution is -2.24. The number of rotatable bonds is 5. The summed E-state index contributed by atoms with van der Waals surface area (Å²) in [7, 11) is 1.90. The first kappa shape index (κ1) is 12.7. The summed E-state index contributed by atoms with van der Waals surface area (Å²) >= 11 is 5.08. The molecule has 0 saturated heterocycles. The highest BCUT2D eigenvalue weighted by molar-refractivity contribution is 9.10. The Kier molecular flexibility index (Phi) is 4.25. The molecule has 0 aliphatic carbocycles. The normalized spacial score (nSPS) is 12.9. The van der Waals surface area contributed by atoms with Gasteiger partial charge in [0.05, 0.1) is 17.2 Å². The minimum Gasteiger partial charge on any atom is -0.304 e. The molecule has 2 aromatic rings. The summed E-state index contributed by atoms with van der Waals surface area (Å²) in [5.74, 6) is 0. The molecule has 1 N–H and O–H groups in total. The van der Waals surface area contributed by atoms with Crippen LogP contribution in [0.1, 0.15) is 30.0 Å². The van der Waals surface area contributed by atoms with Gasteiger partial charge in [0, 0.05) is 18.1 Å². The third kappa shape index (κ3) is 2.72. The molecule has 0 aromatic carbocycles. The lowest BCUT2D eigenvalue weighted by molar-refractivity contribution is 0.555. The van der Waals surface area contributed by atoms with E-state index in [4.69, 9.17) is 0 Å². The summed E-state index contributed by atoms with van der Waals surface area (Å²) in [6.07, 6.45) is 2.97. The van der Waals surface area contributed by atoms with E-state index in [1.54, 1.807) is 16.0 Å². The number of halogens is 1. The van der Waals surface area contributed by atoms with Gasteiger partial charge in [-0.2, -0.15) is 0 Å². The summed E-state index contributed by atoms with van der Waals surface area (Å²) in [6, 6.07) is 0.0943. The van der Waals surface area contributed by atoms with Crippen LogP contribution < -0.4 is 5.32 Å². The molecule has 1 unspecified atom stereocenters. The van der Waals surface area contributed by atoms with E-state index in [0.717, 1.165) is 23.3 Å². The van der Waals surface area contributed by atoms with Crippen molar-refractivity contribution in [2.75, 3.05) is 6.54 Å². The molecule has 2 aromatic heterocycles. The Morgan fingerprint density at radius 1 is 1.59 bits per heavy atom. The van der Waals surface area contributed by atoms with Crippen LogP contribution in [0.2, 0.25) is 0 Å². The predicted octanol–water partition coefficient (Wildman–Crippen LogP) is 2.12. The molecule has 5 nitrogen and oxygen atoms in total. The largest absolute Gasteiger partial charge is 0.304 e. The van der Waals surface area contributed by atoms with Gasteiger partial charge in [0.2, 0.25) is 0 Å². The van der Waals surface area contributed by atoms with Crippen LogP contribution >= 0.6 is 27.3 Å². The number of aryl methyl sites for hydroxylation is 1. The van der Waals surface area contributed by atoms with Crippen molar-refractivity contribution in [3.05, 3.63) is 26.9 Å². The Morgan fingerprint density at radius 3 is 2.94 bits per heavy atom. The van der Waals surface area contributed by atoms with Gasteiger partial charge >= 0.3 is 0 Å². The molecule has 0 amide bonds. The maximum absolute atomic E-state index is 4.13. The summed E-state index contributed by atoms with van der Waals surface area (Å²) in [4.78, 5) is 5.30. The fourth-order valence-corrected chi connectivity index (χ4v) is 2.89. The van der Waals surface area contributed by atoms with Gasteiger partial charge < -0.3 is 5.32 Å². The molecule has 0 radical (unpaired) electrons. The summed E-state index contributed by atoms with van der Waals surface area (Å²) < 4.78 is 2.57. The molecular formula is C10H14BrN5S. The van der Waals surface area contributed by atoms with Gasteiger partial charge in [-0.3, -0.25) is 4.98 Å². The minimum absolute atomic E-state index is 0.0943. The predicted molar refractivity (Wildman–Crippen MR) is 71.0 cm³/mol. The van der Waals surface area contributed by atoms with E-state index >= 15 is 0 Å². The van der Waals surface area contributed by atoms with Gasteiger partial charge in [0.25, 0.3) is 0 Å². The third-order valence-corrected chi connectivity index (χ3v) is 3.84. The smallest absolute Gasteiger partial charge is 0.153 e. The van der Waals surface area contributed by atoms with E-state index in [0.29, 0.717) is 0 Å². The Morgan fingerprint density at radius 2 is 2.41 bits per heavy atom. The lowest BCUT2D eigenvalue weighted by Gasteiger charge is -2.16. The van der Waals surface area contributed by atoms with Crippen molar-refractivity contribution in [2.45, 2.75) is 19.4 Å². The molecular weight excluding hydrogens is 302 g/mol. The Balaban J connectivity index is 2.33. The van der Waals surface area contributed by atoms with Gasteiger partial charge in [0.1, 0.15) is 0 Å². The molecule has 0 saturated carbocycles. The quantitative estimate of drug-likeness (QED) is 0.918. The van der Waals surface area contributed by atoms with Crippen LogP contribution in [0.4, 0.5) is 0 Å². The highest BCUT2D eigenvalue weighted by atomic mass is 79.9. The van der Waals surface area contributed by atoms with Crippen molar-refractivity contribution in [2.24, 2.45) is 7.05 Å². The molecule has 2 rings (SSSR count). The Hall–Kier alpha value is -0.790. The minimum atomic E-state index is 0.0943. The zero-order chi connectivity index (χ0) is 12.3. The molecule has 0 bridgehead atoms. The molecule has 17 heavy (non-hydrogen) atoms. The second-order valence-corrected chi connectivity index (χ2v) is 5.35. The molecule has 2 heterocycles. The van der Waals surface area contributed by atoms with Crippen LogP contribution in [0.3, 0.4) is 0 Å². The monoisotopic (exact) mass is 315 g/mol. The summed E-state index contributed by atoms with van der Waals surface area (Å²) in [5.41, 5.74) is 2.87. The average Bonchev–Trinajstić information content (AvgIpc) is 2.93. The fourth-order valence-electron chi connectivity index (χ4n) is 1.63. The van der Waals surface area contributed by atoms with Gasteiger partial charge in [-0.05, 0) is 28.9 Å². The van der Waals surface area contributed by atoms with E-state index in [9.17, 15) is 0 Å². The zero-order valence-corrected chi connectivity index (χ0v) is 12.1. The first-order valence-corrected chi connectivity index (χ1v) is 7.08.